The standard InChI is InChI=1S/C11H10N2O/c1-3-9-4-6-10(7-5-9)11-12-8(2)14-13-11/h3-7H,1H2,2H3. The van der Waals surface area contributed by atoms with Crippen molar-refractivity contribution >= 4 is 6.08 Å². The maximum atomic E-state index is 4.89. The molecule has 0 atom stereocenters. The summed E-state index contributed by atoms with van der Waals surface area (Å²) in [7, 11) is 0. The van der Waals surface area contributed by atoms with Crippen molar-refractivity contribution < 1.29 is 4.52 Å². The minimum atomic E-state index is 0.577. The van der Waals surface area contributed by atoms with Crippen LogP contribution in [0.4, 0.5) is 0 Å². The van der Waals surface area contributed by atoms with Gasteiger partial charge in [0, 0.05) is 12.5 Å². The maximum absolute atomic E-state index is 4.89. The lowest BCUT2D eigenvalue weighted by molar-refractivity contribution is 0.394. The first-order valence-corrected chi connectivity index (χ1v) is 4.33. The number of nitrogens with zero attached hydrogens (tertiary/aromatic N) is 2. The van der Waals surface area contributed by atoms with Crippen molar-refractivity contribution in [1.29, 1.82) is 0 Å². The molecule has 0 unspecified atom stereocenters. The third kappa shape index (κ3) is 1.57. The van der Waals surface area contributed by atoms with Gasteiger partial charge in [0.15, 0.2) is 0 Å². The van der Waals surface area contributed by atoms with Crippen LogP contribution in [0.2, 0.25) is 0 Å². The highest BCUT2D eigenvalue weighted by Crippen LogP contribution is 2.16. The Balaban J connectivity index is 2.38. The zero-order chi connectivity index (χ0) is 9.97. The Kier molecular flexibility index (Phi) is 2.14. The van der Waals surface area contributed by atoms with E-state index in [4.69, 9.17) is 4.52 Å². The van der Waals surface area contributed by atoms with Crippen LogP contribution in [0.25, 0.3) is 17.5 Å². The molecule has 0 aliphatic heterocycles. The van der Waals surface area contributed by atoms with Crippen molar-refractivity contribution in [2.45, 2.75) is 6.92 Å². The number of benzene rings is 1. The third-order valence-corrected chi connectivity index (χ3v) is 1.93. The number of hydrogen-bond donors (Lipinski definition) is 0. The first kappa shape index (κ1) is 8.69. The summed E-state index contributed by atoms with van der Waals surface area (Å²) in [6.07, 6.45) is 1.80. The van der Waals surface area contributed by atoms with E-state index in [0.29, 0.717) is 11.7 Å². The van der Waals surface area contributed by atoms with Gasteiger partial charge in [-0.3, -0.25) is 0 Å². The van der Waals surface area contributed by atoms with Crippen LogP contribution in [-0.2, 0) is 0 Å². The van der Waals surface area contributed by atoms with Gasteiger partial charge in [-0.25, -0.2) is 0 Å². The molecule has 1 aromatic carbocycles. The predicted octanol–water partition coefficient (Wildman–Crippen LogP) is 2.69. The van der Waals surface area contributed by atoms with E-state index in [2.05, 4.69) is 16.7 Å². The summed E-state index contributed by atoms with van der Waals surface area (Å²) in [5.41, 5.74) is 2.03. The Morgan fingerprint density at radius 1 is 1.29 bits per heavy atom. The van der Waals surface area contributed by atoms with Crippen molar-refractivity contribution in [3.8, 4) is 11.4 Å². The molecule has 2 rings (SSSR count). The minimum absolute atomic E-state index is 0.577. The highest BCUT2D eigenvalue weighted by molar-refractivity contribution is 5.58. The molecule has 0 radical (unpaired) electrons. The average molecular weight is 186 g/mol. The van der Waals surface area contributed by atoms with Crippen LogP contribution >= 0.6 is 0 Å². The predicted molar refractivity (Wildman–Crippen MR) is 54.6 cm³/mol. The lowest BCUT2D eigenvalue weighted by Crippen LogP contribution is -1.80. The lowest BCUT2D eigenvalue weighted by Gasteiger charge is -1.94. The molecule has 2 aromatic rings. The molecule has 0 bridgehead atoms. The Labute approximate surface area is 82.1 Å². The van der Waals surface area contributed by atoms with Crippen LogP contribution in [0, 0.1) is 6.92 Å². The first-order chi connectivity index (χ1) is 6.79. The number of aromatic nitrogens is 2. The highest BCUT2D eigenvalue weighted by Gasteiger charge is 2.04. The molecule has 0 spiro atoms. The molecule has 0 fully saturated rings. The highest BCUT2D eigenvalue weighted by atomic mass is 16.5. The molecule has 0 amide bonds. The van der Waals surface area contributed by atoms with Crippen LogP contribution in [0.1, 0.15) is 11.5 Å². The van der Waals surface area contributed by atoms with Gasteiger partial charge >= 0.3 is 0 Å². The summed E-state index contributed by atoms with van der Waals surface area (Å²) in [4.78, 5) is 4.13. The average Bonchev–Trinajstić information content (AvgIpc) is 2.65. The molecule has 0 aliphatic rings. The molecular formula is C11H10N2O. The fourth-order valence-electron chi connectivity index (χ4n) is 1.18. The Bertz CT molecular complexity index is 443. The van der Waals surface area contributed by atoms with Gasteiger partial charge in [-0.05, 0) is 5.56 Å². The van der Waals surface area contributed by atoms with E-state index in [-0.39, 0.29) is 0 Å². The van der Waals surface area contributed by atoms with E-state index in [0.717, 1.165) is 11.1 Å². The Hall–Kier alpha value is -1.90. The summed E-state index contributed by atoms with van der Waals surface area (Å²) >= 11 is 0. The molecule has 1 heterocycles. The van der Waals surface area contributed by atoms with E-state index in [1.54, 1.807) is 13.0 Å². The maximum Gasteiger partial charge on any atom is 0.223 e. The molecule has 0 saturated carbocycles. The van der Waals surface area contributed by atoms with Gasteiger partial charge in [-0.1, -0.05) is 42.1 Å². The van der Waals surface area contributed by atoms with E-state index < -0.39 is 0 Å². The molecule has 1 aromatic heterocycles. The molecule has 0 aliphatic carbocycles. The van der Waals surface area contributed by atoms with Crippen LogP contribution in [0.3, 0.4) is 0 Å². The molecule has 0 N–H and O–H groups in total. The van der Waals surface area contributed by atoms with Gasteiger partial charge < -0.3 is 4.52 Å². The molecule has 0 saturated heterocycles. The van der Waals surface area contributed by atoms with Crippen LogP contribution in [0.15, 0.2) is 35.4 Å². The van der Waals surface area contributed by atoms with Crippen molar-refractivity contribution in [1.82, 2.24) is 10.1 Å². The normalized spacial score (nSPS) is 10.1. The fraction of sp³-hybridized carbons (Fsp3) is 0.0909. The summed E-state index contributed by atoms with van der Waals surface area (Å²) in [6, 6.07) is 7.82. The van der Waals surface area contributed by atoms with Gasteiger partial charge in [0.2, 0.25) is 11.7 Å². The van der Waals surface area contributed by atoms with Crippen LogP contribution < -0.4 is 0 Å². The second-order valence-corrected chi connectivity index (χ2v) is 2.96. The Morgan fingerprint density at radius 3 is 2.50 bits per heavy atom. The van der Waals surface area contributed by atoms with Crippen molar-refractivity contribution in [2.24, 2.45) is 0 Å². The number of hydrogen-bond acceptors (Lipinski definition) is 3. The first-order valence-electron chi connectivity index (χ1n) is 4.33. The van der Waals surface area contributed by atoms with E-state index in [1.807, 2.05) is 24.3 Å². The summed E-state index contributed by atoms with van der Waals surface area (Å²) in [6.45, 7) is 5.46. The topological polar surface area (TPSA) is 38.9 Å². The largest absolute Gasteiger partial charge is 0.339 e. The second-order valence-electron chi connectivity index (χ2n) is 2.96. The zero-order valence-electron chi connectivity index (χ0n) is 7.90. The smallest absolute Gasteiger partial charge is 0.223 e. The van der Waals surface area contributed by atoms with Gasteiger partial charge in [-0.2, -0.15) is 4.98 Å². The van der Waals surface area contributed by atoms with E-state index in [9.17, 15) is 0 Å². The third-order valence-electron chi connectivity index (χ3n) is 1.93. The molecule has 3 nitrogen and oxygen atoms in total. The van der Waals surface area contributed by atoms with Crippen molar-refractivity contribution in [3.05, 3.63) is 42.3 Å². The SMILES string of the molecule is C=Cc1ccc(-c2noc(C)n2)cc1. The monoisotopic (exact) mass is 186 g/mol. The fourth-order valence-corrected chi connectivity index (χ4v) is 1.18. The molecule has 3 heteroatoms. The second kappa shape index (κ2) is 3.46. The van der Waals surface area contributed by atoms with Crippen molar-refractivity contribution in [2.75, 3.05) is 0 Å². The number of aryl methyl sites for hydroxylation is 1. The Morgan fingerprint density at radius 2 is 2.00 bits per heavy atom. The summed E-state index contributed by atoms with van der Waals surface area (Å²) < 4.78 is 4.89. The van der Waals surface area contributed by atoms with E-state index in [1.165, 1.54) is 0 Å². The van der Waals surface area contributed by atoms with Gasteiger partial charge in [0.25, 0.3) is 0 Å². The summed E-state index contributed by atoms with van der Waals surface area (Å²) in [5, 5.41) is 3.83. The molecule has 14 heavy (non-hydrogen) atoms. The van der Waals surface area contributed by atoms with E-state index >= 15 is 0 Å². The zero-order valence-corrected chi connectivity index (χ0v) is 7.90. The van der Waals surface area contributed by atoms with Gasteiger partial charge in [0.05, 0.1) is 0 Å². The minimum Gasteiger partial charge on any atom is -0.339 e. The summed E-state index contributed by atoms with van der Waals surface area (Å²) in [5.74, 6) is 1.20. The quantitative estimate of drug-likeness (QED) is 0.723. The molecule has 70 valence electrons. The van der Waals surface area contributed by atoms with Gasteiger partial charge in [-0.15, -0.1) is 0 Å². The lowest BCUT2D eigenvalue weighted by atomic mass is 10.1. The van der Waals surface area contributed by atoms with Crippen LogP contribution in [-0.4, -0.2) is 10.1 Å². The molecular weight excluding hydrogens is 176 g/mol. The number of rotatable bonds is 2. The van der Waals surface area contributed by atoms with Crippen molar-refractivity contribution in [3.63, 3.8) is 0 Å². The van der Waals surface area contributed by atoms with Gasteiger partial charge in [0.1, 0.15) is 0 Å². The van der Waals surface area contributed by atoms with Crippen LogP contribution in [0.5, 0.6) is 0 Å².